The van der Waals surface area contributed by atoms with Gasteiger partial charge >= 0.3 is 6.18 Å². The predicted molar refractivity (Wildman–Crippen MR) is 70.6 cm³/mol. The topological polar surface area (TPSA) is 90.9 Å². The number of nitrogens with one attached hydrogen (secondary N) is 2. The first-order valence-electron chi connectivity index (χ1n) is 5.57. The first-order valence-corrected chi connectivity index (χ1v) is 6.39. The molecule has 20 heavy (non-hydrogen) atoms. The highest BCUT2D eigenvalue weighted by molar-refractivity contribution is 7.17. The minimum atomic E-state index is -4.32. The summed E-state index contributed by atoms with van der Waals surface area (Å²) < 4.78 is 36.9. The van der Waals surface area contributed by atoms with E-state index in [0.717, 1.165) is 11.3 Å². The highest BCUT2D eigenvalue weighted by Crippen LogP contribution is 2.36. The molecule has 0 spiro atoms. The van der Waals surface area contributed by atoms with Crippen LogP contribution in [0.3, 0.4) is 0 Å². The predicted octanol–water partition coefficient (Wildman–Crippen LogP) is 2.31. The van der Waals surface area contributed by atoms with Crippen LogP contribution < -0.4 is 16.4 Å². The lowest BCUT2D eigenvalue weighted by Crippen LogP contribution is -2.25. The number of nitrogens with zero attached hydrogens (tertiary/aromatic N) is 1. The molecule has 0 fully saturated rings. The number of hydrogen-bond donors (Lipinski definition) is 3. The van der Waals surface area contributed by atoms with Crippen molar-refractivity contribution in [1.82, 2.24) is 5.32 Å². The standard InChI is InChI=1S/C11H13F3N4OS/c1-5(3-11(12,13)14)18-10-7(9(19)17-2)8(16)6(4-15)20-10/h5,18H,3,16H2,1-2H3,(H,17,19). The molecule has 1 heterocycles. The number of nitriles is 1. The maximum atomic E-state index is 12.3. The van der Waals surface area contributed by atoms with Crippen LogP contribution in [-0.4, -0.2) is 25.2 Å². The zero-order valence-corrected chi connectivity index (χ0v) is 11.6. The van der Waals surface area contributed by atoms with Gasteiger partial charge < -0.3 is 16.4 Å². The Labute approximate surface area is 117 Å². The van der Waals surface area contributed by atoms with E-state index in [4.69, 9.17) is 11.0 Å². The molecule has 110 valence electrons. The molecule has 0 aliphatic rings. The van der Waals surface area contributed by atoms with Crippen LogP contribution in [0.25, 0.3) is 0 Å². The van der Waals surface area contributed by atoms with E-state index in [9.17, 15) is 18.0 Å². The minimum absolute atomic E-state index is 0.00285. The van der Waals surface area contributed by atoms with Crippen LogP contribution in [0.2, 0.25) is 0 Å². The summed E-state index contributed by atoms with van der Waals surface area (Å²) in [6.07, 6.45) is -5.37. The van der Waals surface area contributed by atoms with Gasteiger partial charge in [0.05, 0.1) is 17.7 Å². The van der Waals surface area contributed by atoms with E-state index in [1.165, 1.54) is 14.0 Å². The number of carbonyl (C=O) groups is 1. The van der Waals surface area contributed by atoms with E-state index < -0.39 is 24.5 Å². The largest absolute Gasteiger partial charge is 0.396 e. The van der Waals surface area contributed by atoms with Crippen molar-refractivity contribution in [2.75, 3.05) is 18.1 Å². The Morgan fingerprint density at radius 3 is 2.60 bits per heavy atom. The smallest absolute Gasteiger partial charge is 0.391 e. The van der Waals surface area contributed by atoms with Crippen molar-refractivity contribution in [3.63, 3.8) is 0 Å². The van der Waals surface area contributed by atoms with Crippen LogP contribution >= 0.6 is 11.3 Å². The number of thiophene rings is 1. The quantitative estimate of drug-likeness (QED) is 0.796. The Balaban J connectivity index is 3.06. The summed E-state index contributed by atoms with van der Waals surface area (Å²) in [6, 6.07) is 0.866. The van der Waals surface area contributed by atoms with E-state index in [-0.39, 0.29) is 21.1 Å². The van der Waals surface area contributed by atoms with Crippen LogP contribution in [0.5, 0.6) is 0 Å². The SMILES string of the molecule is CNC(=O)c1c(NC(C)CC(F)(F)F)sc(C#N)c1N. The molecule has 4 N–H and O–H groups in total. The lowest BCUT2D eigenvalue weighted by atomic mass is 10.2. The van der Waals surface area contributed by atoms with Crippen LogP contribution in [0.15, 0.2) is 0 Å². The van der Waals surface area contributed by atoms with E-state index >= 15 is 0 Å². The number of amides is 1. The summed E-state index contributed by atoms with van der Waals surface area (Å²) in [6.45, 7) is 1.34. The second kappa shape index (κ2) is 6.00. The Bertz CT molecular complexity index is 547. The van der Waals surface area contributed by atoms with Gasteiger partial charge in [-0.2, -0.15) is 18.4 Å². The van der Waals surface area contributed by atoms with Crippen LogP contribution in [-0.2, 0) is 0 Å². The third-order valence-electron chi connectivity index (χ3n) is 2.42. The number of nitrogen functional groups attached to an aromatic ring is 1. The highest BCUT2D eigenvalue weighted by atomic mass is 32.1. The van der Waals surface area contributed by atoms with E-state index in [0.29, 0.717) is 0 Å². The summed E-state index contributed by atoms with van der Waals surface area (Å²) in [5.41, 5.74) is 5.63. The Kier molecular flexibility index (Phi) is 4.83. The molecule has 0 aliphatic carbocycles. The maximum absolute atomic E-state index is 12.3. The summed E-state index contributed by atoms with van der Waals surface area (Å²) in [5, 5.41) is 14.0. The molecule has 0 bridgehead atoms. The van der Waals surface area contributed by atoms with E-state index in [1.807, 2.05) is 6.07 Å². The van der Waals surface area contributed by atoms with Gasteiger partial charge in [-0.15, -0.1) is 11.3 Å². The molecule has 1 aromatic rings. The Hall–Kier alpha value is -1.95. The summed E-state index contributed by atoms with van der Waals surface area (Å²) in [4.78, 5) is 11.8. The number of anilines is 2. The van der Waals surface area contributed by atoms with E-state index in [2.05, 4.69) is 10.6 Å². The molecule has 0 saturated carbocycles. The molecule has 1 atom stereocenters. The van der Waals surface area contributed by atoms with E-state index in [1.54, 1.807) is 0 Å². The number of rotatable bonds is 4. The summed E-state index contributed by atoms with van der Waals surface area (Å²) >= 11 is 0.859. The van der Waals surface area contributed by atoms with Crippen molar-refractivity contribution in [3.05, 3.63) is 10.4 Å². The molecule has 1 aromatic heterocycles. The molecule has 1 amide bonds. The number of halogens is 3. The first-order chi connectivity index (χ1) is 9.19. The van der Waals surface area contributed by atoms with Crippen molar-refractivity contribution in [3.8, 4) is 6.07 Å². The van der Waals surface area contributed by atoms with Gasteiger partial charge in [-0.3, -0.25) is 4.79 Å². The number of carbonyl (C=O) groups excluding carboxylic acids is 1. The zero-order valence-electron chi connectivity index (χ0n) is 10.8. The minimum Gasteiger partial charge on any atom is -0.396 e. The average Bonchev–Trinajstić information content (AvgIpc) is 2.62. The molecule has 5 nitrogen and oxygen atoms in total. The average molecular weight is 306 g/mol. The van der Waals surface area contributed by atoms with Gasteiger partial charge in [0.15, 0.2) is 0 Å². The zero-order chi connectivity index (χ0) is 15.5. The molecule has 0 saturated heterocycles. The van der Waals surface area contributed by atoms with Gasteiger partial charge in [0.2, 0.25) is 0 Å². The van der Waals surface area contributed by atoms with Crippen molar-refractivity contribution >= 4 is 27.9 Å². The number of nitrogens with two attached hydrogens (primary N) is 1. The number of alkyl halides is 3. The highest BCUT2D eigenvalue weighted by Gasteiger charge is 2.31. The van der Waals surface area contributed by atoms with Crippen LogP contribution in [0.4, 0.5) is 23.9 Å². The van der Waals surface area contributed by atoms with Crippen molar-refractivity contribution < 1.29 is 18.0 Å². The molecule has 1 unspecified atom stereocenters. The normalized spacial score (nSPS) is 12.6. The van der Waals surface area contributed by atoms with Crippen molar-refractivity contribution in [2.45, 2.75) is 25.6 Å². The molecular formula is C11H13F3N4OS. The fourth-order valence-corrected chi connectivity index (χ4v) is 2.63. The van der Waals surface area contributed by atoms with Gasteiger partial charge in [-0.1, -0.05) is 0 Å². The van der Waals surface area contributed by atoms with Gasteiger partial charge in [0.25, 0.3) is 5.91 Å². The Morgan fingerprint density at radius 1 is 1.55 bits per heavy atom. The lowest BCUT2D eigenvalue weighted by Gasteiger charge is -2.16. The fourth-order valence-electron chi connectivity index (χ4n) is 1.60. The summed E-state index contributed by atoms with van der Waals surface area (Å²) in [7, 11) is 1.37. The number of hydrogen-bond acceptors (Lipinski definition) is 5. The third kappa shape index (κ3) is 3.77. The molecular weight excluding hydrogens is 293 g/mol. The van der Waals surface area contributed by atoms with Gasteiger partial charge in [-0.05, 0) is 6.92 Å². The molecule has 0 radical (unpaired) electrons. The lowest BCUT2D eigenvalue weighted by molar-refractivity contribution is -0.136. The molecule has 1 rings (SSSR count). The fraction of sp³-hybridized carbons (Fsp3) is 0.455. The Morgan fingerprint density at radius 2 is 2.15 bits per heavy atom. The second-order valence-electron chi connectivity index (χ2n) is 4.10. The molecule has 9 heteroatoms. The summed E-state index contributed by atoms with van der Waals surface area (Å²) in [5.74, 6) is -0.554. The second-order valence-corrected chi connectivity index (χ2v) is 5.13. The monoisotopic (exact) mass is 306 g/mol. The van der Waals surface area contributed by atoms with Crippen molar-refractivity contribution in [2.24, 2.45) is 0 Å². The van der Waals surface area contributed by atoms with Gasteiger partial charge in [0, 0.05) is 13.1 Å². The van der Waals surface area contributed by atoms with Crippen LogP contribution in [0.1, 0.15) is 28.6 Å². The molecule has 0 aromatic carbocycles. The third-order valence-corrected chi connectivity index (χ3v) is 3.46. The van der Waals surface area contributed by atoms with Crippen LogP contribution in [0, 0.1) is 11.3 Å². The van der Waals surface area contributed by atoms with Gasteiger partial charge in [-0.25, -0.2) is 0 Å². The first kappa shape index (κ1) is 16.1. The molecule has 0 aliphatic heterocycles. The maximum Gasteiger partial charge on any atom is 0.391 e. The van der Waals surface area contributed by atoms with Gasteiger partial charge in [0.1, 0.15) is 15.9 Å². The van der Waals surface area contributed by atoms with Crippen molar-refractivity contribution in [1.29, 1.82) is 5.26 Å².